The number of carbonyl (C=O) groups is 1. The number of amides is 1. The molecule has 1 aromatic carbocycles. The maximum absolute atomic E-state index is 13.8. The van der Waals surface area contributed by atoms with Crippen LogP contribution in [0.5, 0.6) is 5.75 Å². The van der Waals surface area contributed by atoms with Crippen LogP contribution in [0.3, 0.4) is 0 Å². The van der Waals surface area contributed by atoms with Crippen LogP contribution in [-0.2, 0) is 11.3 Å². The van der Waals surface area contributed by atoms with Crippen molar-refractivity contribution < 1.29 is 13.9 Å². The predicted molar refractivity (Wildman–Crippen MR) is 95.1 cm³/mol. The highest BCUT2D eigenvalue weighted by molar-refractivity contribution is 5.80. The van der Waals surface area contributed by atoms with Gasteiger partial charge in [-0.3, -0.25) is 9.69 Å². The molecule has 0 aromatic heterocycles. The number of hydrogen-bond donors (Lipinski definition) is 2. The van der Waals surface area contributed by atoms with Crippen molar-refractivity contribution in [2.75, 3.05) is 26.7 Å². The van der Waals surface area contributed by atoms with Crippen LogP contribution in [0.15, 0.2) is 24.3 Å². The number of carbonyl (C=O) groups excluding carboxylic acids is 1. The zero-order valence-electron chi connectivity index (χ0n) is 14.8. The molecule has 25 heavy (non-hydrogen) atoms. The first-order valence-electron chi connectivity index (χ1n) is 9.06. The molecule has 0 radical (unpaired) electrons. The number of likely N-dealkylation sites (tertiary alicyclic amines) is 1. The van der Waals surface area contributed by atoms with Crippen molar-refractivity contribution in [2.24, 2.45) is 11.7 Å². The van der Waals surface area contributed by atoms with Crippen LogP contribution in [0.25, 0.3) is 0 Å². The summed E-state index contributed by atoms with van der Waals surface area (Å²) in [5.74, 6) is 0.665. The first-order chi connectivity index (χ1) is 12.0. The zero-order chi connectivity index (χ0) is 17.9. The van der Waals surface area contributed by atoms with Crippen molar-refractivity contribution in [3.05, 3.63) is 29.8 Å². The second-order valence-electron chi connectivity index (χ2n) is 7.37. The Balaban J connectivity index is 1.41. The average molecular weight is 349 g/mol. The molecule has 3 rings (SSSR count). The van der Waals surface area contributed by atoms with Crippen molar-refractivity contribution in [1.29, 1.82) is 0 Å². The van der Waals surface area contributed by atoms with Crippen LogP contribution in [-0.4, -0.2) is 49.3 Å². The van der Waals surface area contributed by atoms with Gasteiger partial charge in [-0.25, -0.2) is 4.39 Å². The van der Waals surface area contributed by atoms with Gasteiger partial charge in [0.15, 0.2) is 0 Å². The lowest BCUT2D eigenvalue weighted by atomic mass is 9.71. The molecule has 6 heteroatoms. The summed E-state index contributed by atoms with van der Waals surface area (Å²) in [5.41, 5.74) is 5.31. The van der Waals surface area contributed by atoms with Gasteiger partial charge in [-0.2, -0.15) is 0 Å². The third kappa shape index (κ3) is 4.50. The van der Waals surface area contributed by atoms with E-state index in [0.29, 0.717) is 0 Å². The number of methoxy groups -OCH3 is 1. The first kappa shape index (κ1) is 18.1. The fourth-order valence-electron chi connectivity index (χ4n) is 3.76. The fraction of sp³-hybridized carbons (Fsp3) is 0.632. The Bertz CT molecular complexity index is 596. The molecule has 2 aliphatic rings. The summed E-state index contributed by atoms with van der Waals surface area (Å²) in [6.07, 6.45) is 2.40. The number of benzene rings is 1. The van der Waals surface area contributed by atoms with E-state index in [4.69, 9.17) is 10.5 Å². The third-order valence-corrected chi connectivity index (χ3v) is 5.44. The molecule has 0 spiro atoms. The molecule has 0 bridgehead atoms. The lowest BCUT2D eigenvalue weighted by Gasteiger charge is -2.40. The molecule has 138 valence electrons. The van der Waals surface area contributed by atoms with Crippen molar-refractivity contribution in [3.63, 3.8) is 0 Å². The van der Waals surface area contributed by atoms with Crippen molar-refractivity contribution >= 4 is 5.91 Å². The Morgan fingerprint density at radius 1 is 1.40 bits per heavy atom. The first-order valence-corrected chi connectivity index (χ1v) is 9.06. The van der Waals surface area contributed by atoms with Gasteiger partial charge < -0.3 is 15.8 Å². The van der Waals surface area contributed by atoms with Gasteiger partial charge in [0.05, 0.1) is 7.11 Å². The molecular formula is C19H28FN3O2. The number of ether oxygens (including phenoxy) is 1. The SMILES string of the molecule is COc1cccc(CN2CCC(NC(=O)C3CC(F)(CN)C3)CC2)c1. The maximum atomic E-state index is 13.8. The average Bonchev–Trinajstić information content (AvgIpc) is 2.60. The van der Waals surface area contributed by atoms with Crippen LogP contribution >= 0.6 is 0 Å². The summed E-state index contributed by atoms with van der Waals surface area (Å²) in [6, 6.07) is 8.31. The van der Waals surface area contributed by atoms with Crippen LogP contribution in [0.4, 0.5) is 4.39 Å². The summed E-state index contributed by atoms with van der Waals surface area (Å²) in [6.45, 7) is 2.80. The van der Waals surface area contributed by atoms with Crippen LogP contribution in [0.1, 0.15) is 31.2 Å². The topological polar surface area (TPSA) is 67.6 Å². The minimum absolute atomic E-state index is 0.00651. The molecule has 1 aromatic rings. The number of nitrogens with two attached hydrogens (primary N) is 1. The number of hydrogen-bond acceptors (Lipinski definition) is 4. The van der Waals surface area contributed by atoms with E-state index in [1.54, 1.807) is 7.11 Å². The van der Waals surface area contributed by atoms with Gasteiger partial charge in [0.2, 0.25) is 5.91 Å². The Morgan fingerprint density at radius 3 is 2.76 bits per heavy atom. The molecule has 1 aliphatic carbocycles. The normalized spacial score (nSPS) is 27.6. The van der Waals surface area contributed by atoms with Crippen molar-refractivity contribution in [2.45, 2.75) is 43.9 Å². The minimum Gasteiger partial charge on any atom is -0.497 e. The molecule has 1 heterocycles. The van der Waals surface area contributed by atoms with E-state index < -0.39 is 5.67 Å². The van der Waals surface area contributed by atoms with Gasteiger partial charge >= 0.3 is 0 Å². The molecule has 5 nitrogen and oxygen atoms in total. The Hall–Kier alpha value is -1.66. The van der Waals surface area contributed by atoms with E-state index in [1.807, 2.05) is 12.1 Å². The summed E-state index contributed by atoms with van der Waals surface area (Å²) in [7, 11) is 1.68. The zero-order valence-corrected chi connectivity index (χ0v) is 14.8. The second kappa shape index (κ2) is 7.70. The van der Waals surface area contributed by atoms with E-state index in [1.165, 1.54) is 5.56 Å². The number of piperidine rings is 1. The molecule has 1 amide bonds. The lowest BCUT2D eigenvalue weighted by molar-refractivity contribution is -0.134. The van der Waals surface area contributed by atoms with E-state index in [0.717, 1.165) is 38.2 Å². The molecular weight excluding hydrogens is 321 g/mol. The minimum atomic E-state index is -1.32. The van der Waals surface area contributed by atoms with Crippen molar-refractivity contribution in [3.8, 4) is 5.75 Å². The maximum Gasteiger partial charge on any atom is 0.223 e. The fourth-order valence-corrected chi connectivity index (χ4v) is 3.76. The van der Waals surface area contributed by atoms with Gasteiger partial charge in [0, 0.05) is 38.1 Å². The van der Waals surface area contributed by atoms with Crippen LogP contribution in [0, 0.1) is 5.92 Å². The second-order valence-corrected chi connectivity index (χ2v) is 7.37. The largest absolute Gasteiger partial charge is 0.497 e. The molecule has 2 fully saturated rings. The predicted octanol–water partition coefficient (Wildman–Crippen LogP) is 1.85. The summed E-state index contributed by atoms with van der Waals surface area (Å²) >= 11 is 0. The van der Waals surface area contributed by atoms with Gasteiger partial charge in [-0.15, -0.1) is 0 Å². The van der Waals surface area contributed by atoms with E-state index in [-0.39, 0.29) is 37.3 Å². The highest BCUT2D eigenvalue weighted by Gasteiger charge is 2.47. The number of alkyl halides is 1. The number of rotatable bonds is 6. The number of halogens is 1. The van der Waals surface area contributed by atoms with Gasteiger partial charge in [-0.1, -0.05) is 12.1 Å². The van der Waals surface area contributed by atoms with Gasteiger partial charge in [-0.05, 0) is 43.4 Å². The summed E-state index contributed by atoms with van der Waals surface area (Å²) in [5, 5.41) is 3.09. The highest BCUT2D eigenvalue weighted by atomic mass is 19.1. The van der Waals surface area contributed by atoms with Crippen LogP contribution < -0.4 is 15.8 Å². The lowest BCUT2D eigenvalue weighted by Crippen LogP contribution is -2.54. The van der Waals surface area contributed by atoms with Crippen molar-refractivity contribution in [1.82, 2.24) is 10.2 Å². The molecule has 1 saturated heterocycles. The quantitative estimate of drug-likeness (QED) is 0.823. The highest BCUT2D eigenvalue weighted by Crippen LogP contribution is 2.40. The summed E-state index contributed by atoms with van der Waals surface area (Å²) in [4.78, 5) is 14.6. The van der Waals surface area contributed by atoms with Gasteiger partial charge in [0.25, 0.3) is 0 Å². The standard InChI is InChI=1S/C19H28FN3O2/c1-25-17-4-2-3-14(9-17)12-23-7-5-16(6-8-23)22-18(24)15-10-19(20,11-15)13-21/h2-4,9,15-16H,5-8,10-13,21H2,1H3,(H,22,24). The Labute approximate surface area is 148 Å². The molecule has 0 unspecified atom stereocenters. The van der Waals surface area contributed by atoms with E-state index in [2.05, 4.69) is 22.3 Å². The number of nitrogens with one attached hydrogen (secondary N) is 1. The van der Waals surface area contributed by atoms with E-state index in [9.17, 15) is 9.18 Å². The smallest absolute Gasteiger partial charge is 0.223 e. The Kier molecular flexibility index (Phi) is 5.59. The molecule has 0 atom stereocenters. The molecule has 1 saturated carbocycles. The molecule has 3 N–H and O–H groups in total. The van der Waals surface area contributed by atoms with Gasteiger partial charge in [0.1, 0.15) is 11.4 Å². The Morgan fingerprint density at radius 2 is 2.12 bits per heavy atom. The monoisotopic (exact) mass is 349 g/mol. The third-order valence-electron chi connectivity index (χ3n) is 5.44. The van der Waals surface area contributed by atoms with Crippen LogP contribution in [0.2, 0.25) is 0 Å². The molecule has 1 aliphatic heterocycles. The number of nitrogens with zero attached hydrogens (tertiary/aromatic N) is 1. The summed E-state index contributed by atoms with van der Waals surface area (Å²) < 4.78 is 19.1. The van der Waals surface area contributed by atoms with E-state index >= 15 is 0 Å².